The van der Waals surface area contributed by atoms with E-state index in [-0.39, 0.29) is 0 Å². The second-order valence-corrected chi connectivity index (χ2v) is 5.05. The molecular weight excluding hydrogens is 282 g/mol. The van der Waals surface area contributed by atoms with Crippen LogP contribution in [0.2, 0.25) is 5.02 Å². The van der Waals surface area contributed by atoms with Crippen LogP contribution >= 0.6 is 11.6 Å². The third kappa shape index (κ3) is 3.41. The highest BCUT2D eigenvalue weighted by molar-refractivity contribution is 6.30. The summed E-state index contributed by atoms with van der Waals surface area (Å²) in [7, 11) is 0. The summed E-state index contributed by atoms with van der Waals surface area (Å²) in [5, 5.41) is 0.667. The Bertz CT molecular complexity index is 728. The molecule has 1 aromatic heterocycles. The van der Waals surface area contributed by atoms with Crippen LogP contribution in [0.4, 0.5) is 0 Å². The molecule has 3 heteroatoms. The molecular formula is C18H14ClNO. The predicted octanol–water partition coefficient (Wildman–Crippen LogP) is 4.98. The number of rotatable bonds is 4. The fourth-order valence-electron chi connectivity index (χ4n) is 2.13. The molecule has 2 aromatic carbocycles. The number of benzene rings is 2. The monoisotopic (exact) mass is 295 g/mol. The number of nitrogens with zero attached hydrogens (tertiary/aromatic N) is 1. The first-order chi connectivity index (χ1) is 10.3. The number of hydrogen-bond acceptors (Lipinski definition) is 2. The molecule has 3 rings (SSSR count). The summed E-state index contributed by atoms with van der Waals surface area (Å²) in [4.78, 5) is 4.25. The van der Waals surface area contributed by atoms with Crippen molar-refractivity contribution in [3.05, 3.63) is 83.6 Å². The van der Waals surface area contributed by atoms with Crippen LogP contribution in [0.5, 0.6) is 5.75 Å². The first-order valence-electron chi connectivity index (χ1n) is 6.70. The molecule has 0 aliphatic carbocycles. The summed E-state index contributed by atoms with van der Waals surface area (Å²) in [5.74, 6) is 0.838. The highest BCUT2D eigenvalue weighted by Crippen LogP contribution is 2.30. The maximum Gasteiger partial charge on any atom is 0.130 e. The number of ether oxygens (including phenoxy) is 1. The van der Waals surface area contributed by atoms with Crippen LogP contribution in [-0.2, 0) is 6.61 Å². The Morgan fingerprint density at radius 3 is 2.48 bits per heavy atom. The average molecular weight is 296 g/mol. The SMILES string of the molecule is Clc1ccnc(COc2ccccc2-c2ccccc2)c1. The van der Waals surface area contributed by atoms with Gasteiger partial charge in [0.05, 0.1) is 5.69 Å². The third-order valence-electron chi connectivity index (χ3n) is 3.13. The Kier molecular flexibility index (Phi) is 4.17. The Labute approximate surface area is 129 Å². The highest BCUT2D eigenvalue weighted by Gasteiger charge is 2.06. The Hall–Kier alpha value is -2.32. The lowest BCUT2D eigenvalue weighted by molar-refractivity contribution is 0.302. The van der Waals surface area contributed by atoms with Crippen LogP contribution in [-0.4, -0.2) is 4.98 Å². The van der Waals surface area contributed by atoms with Gasteiger partial charge in [0.15, 0.2) is 0 Å². The Morgan fingerprint density at radius 2 is 1.67 bits per heavy atom. The molecule has 21 heavy (non-hydrogen) atoms. The Morgan fingerprint density at radius 1 is 0.905 bits per heavy atom. The molecule has 104 valence electrons. The van der Waals surface area contributed by atoms with Gasteiger partial charge in [-0.1, -0.05) is 60.1 Å². The molecule has 0 N–H and O–H groups in total. The van der Waals surface area contributed by atoms with E-state index in [9.17, 15) is 0 Å². The molecule has 0 aliphatic rings. The van der Waals surface area contributed by atoms with Gasteiger partial charge in [0, 0.05) is 16.8 Å². The molecule has 0 unspecified atom stereocenters. The van der Waals surface area contributed by atoms with E-state index in [1.807, 2.05) is 42.5 Å². The van der Waals surface area contributed by atoms with E-state index in [1.54, 1.807) is 12.3 Å². The first kappa shape index (κ1) is 13.7. The van der Waals surface area contributed by atoms with Gasteiger partial charge >= 0.3 is 0 Å². The summed E-state index contributed by atoms with van der Waals surface area (Å²) in [6.45, 7) is 0.393. The van der Waals surface area contributed by atoms with E-state index in [2.05, 4.69) is 23.2 Å². The van der Waals surface area contributed by atoms with Crippen LogP contribution in [0.1, 0.15) is 5.69 Å². The summed E-state index contributed by atoms with van der Waals surface area (Å²) in [6, 6.07) is 21.7. The van der Waals surface area contributed by atoms with E-state index in [4.69, 9.17) is 16.3 Å². The van der Waals surface area contributed by atoms with Gasteiger partial charge in [-0.3, -0.25) is 4.98 Å². The summed E-state index contributed by atoms with van der Waals surface area (Å²) >= 11 is 5.96. The summed E-state index contributed by atoms with van der Waals surface area (Å²) in [6.07, 6.45) is 1.68. The minimum absolute atomic E-state index is 0.393. The summed E-state index contributed by atoms with van der Waals surface area (Å²) in [5.41, 5.74) is 3.01. The van der Waals surface area contributed by atoms with Crippen molar-refractivity contribution in [1.82, 2.24) is 4.98 Å². The van der Waals surface area contributed by atoms with Crippen molar-refractivity contribution in [2.24, 2.45) is 0 Å². The fraction of sp³-hybridized carbons (Fsp3) is 0.0556. The molecule has 0 saturated carbocycles. The molecule has 0 atom stereocenters. The van der Waals surface area contributed by atoms with Crippen molar-refractivity contribution in [2.45, 2.75) is 6.61 Å². The zero-order valence-corrected chi connectivity index (χ0v) is 12.1. The van der Waals surface area contributed by atoms with Gasteiger partial charge in [-0.25, -0.2) is 0 Å². The fourth-order valence-corrected chi connectivity index (χ4v) is 2.31. The van der Waals surface area contributed by atoms with Gasteiger partial charge in [0.25, 0.3) is 0 Å². The van der Waals surface area contributed by atoms with Crippen molar-refractivity contribution in [3.63, 3.8) is 0 Å². The molecule has 0 radical (unpaired) electrons. The van der Waals surface area contributed by atoms with Crippen molar-refractivity contribution >= 4 is 11.6 Å². The molecule has 1 heterocycles. The zero-order chi connectivity index (χ0) is 14.5. The topological polar surface area (TPSA) is 22.1 Å². The van der Waals surface area contributed by atoms with Gasteiger partial charge in [-0.05, 0) is 23.8 Å². The zero-order valence-electron chi connectivity index (χ0n) is 11.4. The average Bonchev–Trinajstić information content (AvgIpc) is 2.54. The molecule has 2 nitrogen and oxygen atoms in total. The van der Waals surface area contributed by atoms with Crippen LogP contribution in [0.15, 0.2) is 72.9 Å². The van der Waals surface area contributed by atoms with Crippen molar-refractivity contribution in [3.8, 4) is 16.9 Å². The maximum absolute atomic E-state index is 5.96. The number of hydrogen-bond donors (Lipinski definition) is 0. The molecule has 0 fully saturated rings. The molecule has 3 aromatic rings. The van der Waals surface area contributed by atoms with E-state index >= 15 is 0 Å². The minimum atomic E-state index is 0.393. The van der Waals surface area contributed by atoms with Crippen LogP contribution in [0.3, 0.4) is 0 Å². The van der Waals surface area contributed by atoms with E-state index in [1.165, 1.54) is 0 Å². The number of pyridine rings is 1. The van der Waals surface area contributed by atoms with E-state index in [0.29, 0.717) is 11.6 Å². The predicted molar refractivity (Wildman–Crippen MR) is 85.5 cm³/mol. The number of aromatic nitrogens is 1. The van der Waals surface area contributed by atoms with Gasteiger partial charge in [0.2, 0.25) is 0 Å². The first-order valence-corrected chi connectivity index (χ1v) is 7.08. The summed E-state index contributed by atoms with van der Waals surface area (Å²) < 4.78 is 5.91. The lowest BCUT2D eigenvalue weighted by atomic mass is 10.1. The largest absolute Gasteiger partial charge is 0.487 e. The van der Waals surface area contributed by atoms with Crippen molar-refractivity contribution in [1.29, 1.82) is 0 Å². The third-order valence-corrected chi connectivity index (χ3v) is 3.36. The molecule has 0 bridgehead atoms. The van der Waals surface area contributed by atoms with Crippen LogP contribution in [0, 0.1) is 0 Å². The molecule has 0 aliphatic heterocycles. The molecule has 0 amide bonds. The minimum Gasteiger partial charge on any atom is -0.487 e. The lowest BCUT2D eigenvalue weighted by Crippen LogP contribution is -1.99. The Balaban J connectivity index is 1.83. The smallest absolute Gasteiger partial charge is 0.130 e. The van der Waals surface area contributed by atoms with Crippen LogP contribution in [0.25, 0.3) is 11.1 Å². The second-order valence-electron chi connectivity index (χ2n) is 4.62. The van der Waals surface area contributed by atoms with Crippen LogP contribution < -0.4 is 4.74 Å². The normalized spacial score (nSPS) is 10.3. The lowest BCUT2D eigenvalue weighted by Gasteiger charge is -2.11. The second kappa shape index (κ2) is 6.42. The van der Waals surface area contributed by atoms with Crippen molar-refractivity contribution < 1.29 is 4.74 Å². The van der Waals surface area contributed by atoms with Gasteiger partial charge < -0.3 is 4.74 Å². The van der Waals surface area contributed by atoms with Crippen molar-refractivity contribution in [2.75, 3.05) is 0 Å². The van der Waals surface area contributed by atoms with Gasteiger partial charge in [0.1, 0.15) is 12.4 Å². The van der Waals surface area contributed by atoms with E-state index in [0.717, 1.165) is 22.6 Å². The molecule has 0 saturated heterocycles. The van der Waals surface area contributed by atoms with E-state index < -0.39 is 0 Å². The molecule has 0 spiro atoms. The standard InChI is InChI=1S/C18H14ClNO/c19-15-10-11-20-16(12-15)13-21-18-9-5-4-8-17(18)14-6-2-1-3-7-14/h1-12H,13H2. The van der Waals surface area contributed by atoms with Gasteiger partial charge in [-0.2, -0.15) is 0 Å². The highest BCUT2D eigenvalue weighted by atomic mass is 35.5. The number of halogens is 1. The quantitative estimate of drug-likeness (QED) is 0.677. The van der Waals surface area contributed by atoms with Gasteiger partial charge in [-0.15, -0.1) is 0 Å². The maximum atomic E-state index is 5.96. The number of para-hydroxylation sites is 1.